The Balaban J connectivity index is 1.88. The minimum absolute atomic E-state index is 0.137. The van der Waals surface area contributed by atoms with E-state index in [0.717, 1.165) is 18.7 Å². The Kier molecular flexibility index (Phi) is 3.61. The predicted molar refractivity (Wildman–Crippen MR) is 88.6 cm³/mol. The Bertz CT molecular complexity index is 703. The van der Waals surface area contributed by atoms with Crippen LogP contribution in [-0.4, -0.2) is 23.0 Å². The smallest absolute Gasteiger partial charge is 0.270 e. The van der Waals surface area contributed by atoms with E-state index in [2.05, 4.69) is 33.4 Å². The van der Waals surface area contributed by atoms with Gasteiger partial charge in [0.15, 0.2) is 0 Å². The molecule has 1 aliphatic heterocycles. The number of carbonyl (C=O) groups excluding carboxylic acids is 1. The molecule has 1 amide bonds. The zero-order valence-electron chi connectivity index (χ0n) is 13.3. The minimum atomic E-state index is -0.269. The number of aromatic nitrogens is 1. The number of para-hydroxylation sites is 1. The van der Waals surface area contributed by atoms with Crippen LogP contribution >= 0.6 is 0 Å². The Labute approximate surface area is 131 Å². The number of fused-ring (bicyclic) bond motifs is 1. The Morgan fingerprint density at radius 1 is 1.23 bits per heavy atom. The highest BCUT2D eigenvalue weighted by atomic mass is 16.2. The van der Waals surface area contributed by atoms with Gasteiger partial charge < -0.3 is 10.2 Å². The maximum absolute atomic E-state index is 12.3. The van der Waals surface area contributed by atoms with Gasteiger partial charge in [0.1, 0.15) is 5.69 Å². The number of anilines is 2. The number of benzene rings is 1. The third kappa shape index (κ3) is 2.96. The molecule has 0 radical (unpaired) electrons. The van der Waals surface area contributed by atoms with E-state index in [-0.39, 0.29) is 11.4 Å². The molecule has 2 heterocycles. The summed E-state index contributed by atoms with van der Waals surface area (Å²) in [6.45, 7) is 6.83. The van der Waals surface area contributed by atoms with Gasteiger partial charge in [0.2, 0.25) is 0 Å². The van der Waals surface area contributed by atoms with Crippen LogP contribution in [0.4, 0.5) is 11.4 Å². The molecule has 1 aromatic carbocycles. The molecule has 0 saturated carbocycles. The summed E-state index contributed by atoms with van der Waals surface area (Å²) in [5, 5.41) is 2.95. The summed E-state index contributed by atoms with van der Waals surface area (Å²) in [4.78, 5) is 18.7. The van der Waals surface area contributed by atoms with Gasteiger partial charge in [-0.05, 0) is 51.0 Å². The first kappa shape index (κ1) is 14.6. The van der Waals surface area contributed by atoms with E-state index in [1.54, 1.807) is 6.20 Å². The number of nitrogens with one attached hydrogen (secondary N) is 1. The number of amides is 1. The second-order valence-corrected chi connectivity index (χ2v) is 6.63. The summed E-state index contributed by atoms with van der Waals surface area (Å²) < 4.78 is 0. The number of nitrogens with zero attached hydrogens (tertiary/aromatic N) is 2. The van der Waals surface area contributed by atoms with Crippen molar-refractivity contribution in [1.82, 2.24) is 10.3 Å². The molecule has 1 N–H and O–H groups in total. The lowest BCUT2D eigenvalue weighted by atomic mass is 10.1. The highest BCUT2D eigenvalue weighted by Crippen LogP contribution is 2.34. The van der Waals surface area contributed by atoms with Gasteiger partial charge in [-0.2, -0.15) is 0 Å². The molecule has 2 aromatic rings. The lowest BCUT2D eigenvalue weighted by molar-refractivity contribution is 0.0914. The molecule has 0 atom stereocenters. The summed E-state index contributed by atoms with van der Waals surface area (Å²) in [6, 6.07) is 12.2. The lowest BCUT2D eigenvalue weighted by Crippen LogP contribution is -2.41. The van der Waals surface area contributed by atoms with Crippen molar-refractivity contribution in [3.05, 3.63) is 53.9 Å². The van der Waals surface area contributed by atoms with E-state index in [0.29, 0.717) is 5.69 Å². The van der Waals surface area contributed by atoms with Crippen LogP contribution in [0.25, 0.3) is 0 Å². The van der Waals surface area contributed by atoms with Gasteiger partial charge in [-0.15, -0.1) is 0 Å². The van der Waals surface area contributed by atoms with E-state index in [1.807, 2.05) is 39.0 Å². The van der Waals surface area contributed by atoms with E-state index in [9.17, 15) is 4.79 Å². The molecule has 4 heteroatoms. The molecule has 1 aliphatic rings. The van der Waals surface area contributed by atoms with Crippen LogP contribution in [0.2, 0.25) is 0 Å². The number of rotatable bonds is 2. The first-order valence-electron chi connectivity index (χ1n) is 7.58. The molecule has 0 bridgehead atoms. The van der Waals surface area contributed by atoms with Gasteiger partial charge in [-0.1, -0.05) is 18.2 Å². The normalized spacial score (nSPS) is 13.9. The van der Waals surface area contributed by atoms with Gasteiger partial charge >= 0.3 is 0 Å². The standard InChI is InChI=1S/C18H21N3O/c1-18(2,3)20-17(22)15-12-14(8-10-19-15)21-11-9-13-6-4-5-7-16(13)21/h4-8,10,12H,9,11H2,1-3H3,(H,20,22). The molecule has 0 fully saturated rings. The third-order valence-corrected chi connectivity index (χ3v) is 3.66. The maximum atomic E-state index is 12.3. The molecule has 114 valence electrons. The van der Waals surface area contributed by atoms with Crippen molar-refractivity contribution in [3.8, 4) is 0 Å². The molecule has 0 unspecified atom stereocenters. The van der Waals surface area contributed by atoms with Crippen molar-refractivity contribution in [1.29, 1.82) is 0 Å². The molecule has 4 nitrogen and oxygen atoms in total. The molecule has 0 aliphatic carbocycles. The van der Waals surface area contributed by atoms with Gasteiger partial charge in [0.25, 0.3) is 5.91 Å². The van der Waals surface area contributed by atoms with E-state index < -0.39 is 0 Å². The average molecular weight is 295 g/mol. The molecule has 0 saturated heterocycles. The second kappa shape index (κ2) is 5.44. The molecule has 3 rings (SSSR count). The van der Waals surface area contributed by atoms with Crippen LogP contribution in [0.3, 0.4) is 0 Å². The zero-order valence-corrected chi connectivity index (χ0v) is 13.3. The Hall–Kier alpha value is -2.36. The van der Waals surface area contributed by atoms with Crippen LogP contribution in [0.5, 0.6) is 0 Å². The maximum Gasteiger partial charge on any atom is 0.270 e. The van der Waals surface area contributed by atoms with Crippen LogP contribution in [0, 0.1) is 0 Å². The molecule has 22 heavy (non-hydrogen) atoms. The van der Waals surface area contributed by atoms with E-state index >= 15 is 0 Å². The summed E-state index contributed by atoms with van der Waals surface area (Å²) in [7, 11) is 0. The topological polar surface area (TPSA) is 45.2 Å². The van der Waals surface area contributed by atoms with E-state index in [1.165, 1.54) is 11.3 Å². The fourth-order valence-electron chi connectivity index (χ4n) is 2.72. The summed E-state index contributed by atoms with van der Waals surface area (Å²) in [5.74, 6) is -0.137. The summed E-state index contributed by atoms with van der Waals surface area (Å²) >= 11 is 0. The monoisotopic (exact) mass is 295 g/mol. The SMILES string of the molecule is CC(C)(C)NC(=O)c1cc(N2CCc3ccccc32)ccn1. The van der Waals surface area contributed by atoms with Crippen molar-refractivity contribution < 1.29 is 4.79 Å². The number of hydrogen-bond acceptors (Lipinski definition) is 3. The van der Waals surface area contributed by atoms with Crippen molar-refractivity contribution in [2.75, 3.05) is 11.4 Å². The predicted octanol–water partition coefficient (Wildman–Crippen LogP) is 3.30. The van der Waals surface area contributed by atoms with E-state index in [4.69, 9.17) is 0 Å². The highest BCUT2D eigenvalue weighted by Gasteiger charge is 2.22. The fraction of sp³-hybridized carbons (Fsp3) is 0.333. The minimum Gasteiger partial charge on any atom is -0.346 e. The van der Waals surface area contributed by atoms with Crippen molar-refractivity contribution in [2.45, 2.75) is 32.7 Å². The van der Waals surface area contributed by atoms with Crippen LogP contribution in [0.15, 0.2) is 42.6 Å². The number of pyridine rings is 1. The molecule has 1 aromatic heterocycles. The van der Waals surface area contributed by atoms with Crippen molar-refractivity contribution in [3.63, 3.8) is 0 Å². The molecular formula is C18H21N3O. The largest absolute Gasteiger partial charge is 0.346 e. The molecular weight excluding hydrogens is 274 g/mol. The molecule has 0 spiro atoms. The van der Waals surface area contributed by atoms with Gasteiger partial charge in [-0.3, -0.25) is 9.78 Å². The lowest BCUT2D eigenvalue weighted by Gasteiger charge is -2.22. The Morgan fingerprint density at radius 3 is 2.77 bits per heavy atom. The number of carbonyl (C=O) groups is 1. The van der Waals surface area contributed by atoms with Crippen molar-refractivity contribution in [2.24, 2.45) is 0 Å². The third-order valence-electron chi connectivity index (χ3n) is 3.66. The first-order chi connectivity index (χ1) is 10.4. The fourth-order valence-corrected chi connectivity index (χ4v) is 2.72. The van der Waals surface area contributed by atoms with Crippen LogP contribution in [-0.2, 0) is 6.42 Å². The van der Waals surface area contributed by atoms with Crippen molar-refractivity contribution >= 4 is 17.3 Å². The first-order valence-corrected chi connectivity index (χ1v) is 7.58. The van der Waals surface area contributed by atoms with Gasteiger partial charge in [0.05, 0.1) is 0 Å². The highest BCUT2D eigenvalue weighted by molar-refractivity contribution is 5.93. The summed E-state index contributed by atoms with van der Waals surface area (Å²) in [5.41, 5.74) is 3.77. The average Bonchev–Trinajstić information content (AvgIpc) is 2.89. The second-order valence-electron chi connectivity index (χ2n) is 6.63. The number of hydrogen-bond donors (Lipinski definition) is 1. The Morgan fingerprint density at radius 2 is 2.00 bits per heavy atom. The van der Waals surface area contributed by atoms with Crippen LogP contribution in [0.1, 0.15) is 36.8 Å². The quantitative estimate of drug-likeness (QED) is 0.924. The summed E-state index contributed by atoms with van der Waals surface area (Å²) in [6.07, 6.45) is 2.73. The van der Waals surface area contributed by atoms with Gasteiger partial charge in [-0.25, -0.2) is 0 Å². The zero-order chi connectivity index (χ0) is 15.7. The van der Waals surface area contributed by atoms with Crippen LogP contribution < -0.4 is 10.2 Å². The van der Waals surface area contributed by atoms with Gasteiger partial charge in [0, 0.05) is 29.7 Å².